The zero-order chi connectivity index (χ0) is 23.1. The molecule has 0 spiro atoms. The predicted octanol–water partition coefficient (Wildman–Crippen LogP) is 4.50. The van der Waals surface area contributed by atoms with E-state index in [1.54, 1.807) is 12.1 Å². The van der Waals surface area contributed by atoms with Crippen molar-refractivity contribution in [2.75, 3.05) is 5.75 Å². The van der Waals surface area contributed by atoms with Gasteiger partial charge in [-0.3, -0.25) is 9.59 Å². The Morgan fingerprint density at radius 2 is 1.84 bits per heavy atom. The van der Waals surface area contributed by atoms with Crippen LogP contribution in [0, 0.1) is 0 Å². The van der Waals surface area contributed by atoms with E-state index in [-0.39, 0.29) is 17.6 Å². The first kappa shape index (κ1) is 24.1. The second kappa shape index (κ2) is 11.4. The molecule has 0 bridgehead atoms. The van der Waals surface area contributed by atoms with Crippen molar-refractivity contribution in [1.29, 1.82) is 0 Å². The summed E-state index contributed by atoms with van der Waals surface area (Å²) < 4.78 is 1.88. The van der Waals surface area contributed by atoms with E-state index < -0.39 is 6.04 Å². The normalized spacial score (nSPS) is 11.8. The van der Waals surface area contributed by atoms with E-state index in [1.165, 1.54) is 17.8 Å². The summed E-state index contributed by atoms with van der Waals surface area (Å²) in [7, 11) is 0. The molecule has 1 atom stereocenters. The molecule has 2 aromatic carbocycles. The van der Waals surface area contributed by atoms with Crippen molar-refractivity contribution < 1.29 is 9.59 Å². The van der Waals surface area contributed by atoms with Crippen LogP contribution in [0.25, 0.3) is 0 Å². The maximum atomic E-state index is 12.6. The molecular formula is C22H23Cl2N5O2S. The van der Waals surface area contributed by atoms with Gasteiger partial charge in [0.15, 0.2) is 11.0 Å². The van der Waals surface area contributed by atoms with Gasteiger partial charge in [-0.05, 0) is 37.6 Å². The van der Waals surface area contributed by atoms with Crippen molar-refractivity contribution in [3.63, 3.8) is 0 Å². The van der Waals surface area contributed by atoms with Gasteiger partial charge in [0.2, 0.25) is 5.91 Å². The van der Waals surface area contributed by atoms with Gasteiger partial charge in [-0.2, -0.15) is 0 Å². The van der Waals surface area contributed by atoms with Crippen LogP contribution in [0.1, 0.15) is 41.6 Å². The van der Waals surface area contributed by atoms with Crippen molar-refractivity contribution in [3.05, 3.63) is 75.5 Å². The summed E-state index contributed by atoms with van der Waals surface area (Å²) in [5, 5.41) is 15.6. The van der Waals surface area contributed by atoms with Gasteiger partial charge in [0.05, 0.1) is 21.8 Å². The number of hydrogen-bond acceptors (Lipinski definition) is 5. The fourth-order valence-electron chi connectivity index (χ4n) is 2.98. The second-order valence-corrected chi connectivity index (χ2v) is 8.72. The predicted molar refractivity (Wildman–Crippen MR) is 127 cm³/mol. The minimum Gasteiger partial charge on any atom is -0.351 e. The summed E-state index contributed by atoms with van der Waals surface area (Å²) in [6, 6.07) is 14.0. The first-order chi connectivity index (χ1) is 15.4. The van der Waals surface area contributed by atoms with Crippen LogP contribution in [-0.2, 0) is 17.9 Å². The first-order valence-corrected chi connectivity index (χ1v) is 11.8. The third-order valence-corrected chi connectivity index (χ3v) is 6.35. The van der Waals surface area contributed by atoms with E-state index in [0.29, 0.717) is 39.7 Å². The zero-order valence-corrected chi connectivity index (χ0v) is 20.0. The van der Waals surface area contributed by atoms with E-state index in [2.05, 4.69) is 20.8 Å². The monoisotopic (exact) mass is 491 g/mol. The lowest BCUT2D eigenvalue weighted by Crippen LogP contribution is -2.29. The number of amides is 2. The lowest BCUT2D eigenvalue weighted by molar-refractivity contribution is -0.118. The summed E-state index contributed by atoms with van der Waals surface area (Å²) in [4.78, 5) is 24.8. The fraction of sp³-hybridized carbons (Fsp3) is 0.273. The van der Waals surface area contributed by atoms with Crippen molar-refractivity contribution in [1.82, 2.24) is 25.4 Å². The molecule has 2 amide bonds. The van der Waals surface area contributed by atoms with Gasteiger partial charge < -0.3 is 15.2 Å². The maximum Gasteiger partial charge on any atom is 0.251 e. The average Bonchev–Trinajstić information content (AvgIpc) is 3.21. The summed E-state index contributed by atoms with van der Waals surface area (Å²) in [5.74, 6) is 0.436. The summed E-state index contributed by atoms with van der Waals surface area (Å²) >= 11 is 13.2. The Labute approximate surface area is 200 Å². The molecular weight excluding hydrogens is 469 g/mol. The summed E-state index contributed by atoms with van der Waals surface area (Å²) in [6.45, 7) is 4.86. The van der Waals surface area contributed by atoms with Crippen LogP contribution < -0.4 is 10.6 Å². The lowest BCUT2D eigenvalue weighted by atomic mass is 10.2. The van der Waals surface area contributed by atoms with Crippen LogP contribution in [0.5, 0.6) is 0 Å². The molecule has 1 aromatic heterocycles. The van der Waals surface area contributed by atoms with Crippen LogP contribution in [-0.4, -0.2) is 32.3 Å². The van der Waals surface area contributed by atoms with Crippen LogP contribution in [0.3, 0.4) is 0 Å². The number of thioether (sulfide) groups is 1. The molecule has 0 saturated carbocycles. The van der Waals surface area contributed by atoms with Gasteiger partial charge in [0.25, 0.3) is 5.91 Å². The number of halogens is 2. The molecule has 7 nitrogen and oxygen atoms in total. The highest BCUT2D eigenvalue weighted by molar-refractivity contribution is 7.99. The smallest absolute Gasteiger partial charge is 0.251 e. The molecule has 3 rings (SSSR count). The van der Waals surface area contributed by atoms with Gasteiger partial charge in [-0.1, -0.05) is 65.3 Å². The Hall–Kier alpha value is -2.55. The first-order valence-electron chi connectivity index (χ1n) is 10.0. The molecule has 0 aliphatic rings. The van der Waals surface area contributed by atoms with E-state index in [4.69, 9.17) is 23.2 Å². The number of rotatable bonds is 9. The molecule has 32 heavy (non-hydrogen) atoms. The van der Waals surface area contributed by atoms with Crippen LogP contribution in [0.4, 0.5) is 0 Å². The van der Waals surface area contributed by atoms with Gasteiger partial charge in [0, 0.05) is 18.7 Å². The Morgan fingerprint density at radius 3 is 2.53 bits per heavy atom. The summed E-state index contributed by atoms with van der Waals surface area (Å²) in [5.41, 5.74) is 1.44. The Kier molecular flexibility index (Phi) is 8.55. The van der Waals surface area contributed by atoms with Crippen LogP contribution in [0.2, 0.25) is 10.0 Å². The van der Waals surface area contributed by atoms with Crippen molar-refractivity contribution in [3.8, 4) is 0 Å². The Bertz CT molecular complexity index is 1090. The average molecular weight is 492 g/mol. The number of nitrogens with one attached hydrogen (secondary N) is 2. The van der Waals surface area contributed by atoms with Gasteiger partial charge >= 0.3 is 0 Å². The largest absolute Gasteiger partial charge is 0.351 e. The topological polar surface area (TPSA) is 88.9 Å². The van der Waals surface area contributed by atoms with E-state index in [0.717, 1.165) is 5.56 Å². The second-order valence-electron chi connectivity index (χ2n) is 6.96. The molecule has 0 aliphatic heterocycles. The minimum absolute atomic E-state index is 0.0907. The van der Waals surface area contributed by atoms with Crippen molar-refractivity contribution >= 4 is 46.8 Å². The highest BCUT2D eigenvalue weighted by Crippen LogP contribution is 2.24. The zero-order valence-electron chi connectivity index (χ0n) is 17.6. The molecule has 0 unspecified atom stereocenters. The SMILES string of the molecule is CCn1c(SCC(=O)NCc2ccccc2)nnc1[C@@H](C)NC(=O)c1ccc(Cl)c(Cl)c1. The molecule has 1 heterocycles. The minimum atomic E-state index is -0.398. The molecule has 10 heteroatoms. The number of carbonyl (C=O) groups is 2. The van der Waals surface area contributed by atoms with Crippen LogP contribution in [0.15, 0.2) is 53.7 Å². The number of benzene rings is 2. The number of hydrogen-bond donors (Lipinski definition) is 2. The van der Waals surface area contributed by atoms with Gasteiger partial charge in [-0.25, -0.2) is 0 Å². The molecule has 0 saturated heterocycles. The van der Waals surface area contributed by atoms with Gasteiger partial charge in [-0.15, -0.1) is 10.2 Å². The Morgan fingerprint density at radius 1 is 1.09 bits per heavy atom. The van der Waals surface area contributed by atoms with Crippen molar-refractivity contribution in [2.24, 2.45) is 0 Å². The third-order valence-electron chi connectivity index (χ3n) is 4.64. The van der Waals surface area contributed by atoms with E-state index in [9.17, 15) is 9.59 Å². The van der Waals surface area contributed by atoms with Gasteiger partial charge in [0.1, 0.15) is 0 Å². The standard InChI is InChI=1S/C22H23Cl2N5O2S/c1-3-29-20(14(2)26-21(31)16-9-10-17(23)18(24)11-16)27-28-22(29)32-13-19(30)25-12-15-7-5-4-6-8-15/h4-11,14H,3,12-13H2,1-2H3,(H,25,30)(H,26,31)/t14-/m1/s1. The molecule has 0 radical (unpaired) electrons. The number of aromatic nitrogens is 3. The number of carbonyl (C=O) groups excluding carboxylic acids is 2. The quantitative estimate of drug-likeness (QED) is 0.430. The highest BCUT2D eigenvalue weighted by Gasteiger charge is 2.20. The Balaban J connectivity index is 1.59. The van der Waals surface area contributed by atoms with E-state index >= 15 is 0 Å². The summed E-state index contributed by atoms with van der Waals surface area (Å²) in [6.07, 6.45) is 0. The molecule has 3 aromatic rings. The molecule has 2 N–H and O–H groups in total. The molecule has 168 valence electrons. The maximum absolute atomic E-state index is 12.6. The van der Waals surface area contributed by atoms with Crippen LogP contribution >= 0.6 is 35.0 Å². The highest BCUT2D eigenvalue weighted by atomic mass is 35.5. The van der Waals surface area contributed by atoms with E-state index in [1.807, 2.05) is 48.7 Å². The molecule has 0 aliphatic carbocycles. The fourth-order valence-corrected chi connectivity index (χ4v) is 4.12. The lowest BCUT2D eigenvalue weighted by Gasteiger charge is -2.15. The third kappa shape index (κ3) is 6.25. The number of nitrogens with zero attached hydrogens (tertiary/aromatic N) is 3. The molecule has 0 fully saturated rings. The van der Waals surface area contributed by atoms with Crippen molar-refractivity contribution in [2.45, 2.75) is 38.1 Å².